The summed E-state index contributed by atoms with van der Waals surface area (Å²) in [5.74, 6) is 0.760. The summed E-state index contributed by atoms with van der Waals surface area (Å²) >= 11 is 0. The highest BCUT2D eigenvalue weighted by molar-refractivity contribution is 5.28. The lowest BCUT2D eigenvalue weighted by Crippen LogP contribution is -2.29. The minimum Gasteiger partial charge on any atom is -0.0730 e. The Hall–Kier alpha value is -0.520. The average Bonchev–Trinajstić information content (AvgIpc) is 2.49. The van der Waals surface area contributed by atoms with Crippen LogP contribution in [0.3, 0.4) is 0 Å². The van der Waals surface area contributed by atoms with Gasteiger partial charge < -0.3 is 0 Å². The lowest BCUT2D eigenvalue weighted by atomic mass is 9.64. The van der Waals surface area contributed by atoms with Crippen molar-refractivity contribution in [2.24, 2.45) is 11.3 Å². The molecule has 0 aromatic carbocycles. The second-order valence-corrected chi connectivity index (χ2v) is 5.62. The SMILES string of the molecule is CC.CC.CCCC(CC)(C1=CC=C(C)CC1)C(C)C. The Morgan fingerprint density at radius 1 is 1.00 bits per heavy atom. The van der Waals surface area contributed by atoms with Gasteiger partial charge in [0.1, 0.15) is 0 Å². The van der Waals surface area contributed by atoms with Crippen LogP contribution < -0.4 is 0 Å². The molecular weight excluding hydrogens is 240 g/mol. The van der Waals surface area contributed by atoms with E-state index in [0.717, 1.165) is 5.92 Å². The fourth-order valence-corrected chi connectivity index (χ4v) is 3.23. The van der Waals surface area contributed by atoms with Crippen molar-refractivity contribution < 1.29 is 0 Å². The third-order valence-electron chi connectivity index (χ3n) is 4.43. The minimum absolute atomic E-state index is 0.464. The maximum Gasteiger partial charge on any atom is -0.00646 e. The zero-order valence-corrected chi connectivity index (χ0v) is 15.8. The molecule has 0 amide bonds. The van der Waals surface area contributed by atoms with Gasteiger partial charge in [0.25, 0.3) is 0 Å². The molecule has 0 aromatic rings. The standard InChI is InChI=1S/C16H28.2C2H6/c1-6-12-16(7-2,13(3)4)15-10-8-14(5)9-11-15;2*1-2/h8,10,13H,6-7,9,11-12H2,1-5H3;2*1-2H3. The van der Waals surface area contributed by atoms with Crippen molar-refractivity contribution in [3.8, 4) is 0 Å². The minimum atomic E-state index is 0.464. The van der Waals surface area contributed by atoms with Crippen molar-refractivity contribution >= 4 is 0 Å². The number of hydrogen-bond donors (Lipinski definition) is 0. The van der Waals surface area contributed by atoms with Crippen molar-refractivity contribution in [2.75, 3.05) is 0 Å². The third kappa shape index (κ3) is 5.85. The molecule has 0 aliphatic heterocycles. The van der Waals surface area contributed by atoms with Gasteiger partial charge in [-0.15, -0.1) is 0 Å². The molecule has 0 saturated heterocycles. The first kappa shape index (κ1) is 21.8. The molecule has 1 rings (SSSR count). The fourth-order valence-electron chi connectivity index (χ4n) is 3.23. The molecule has 0 aromatic heterocycles. The zero-order valence-electron chi connectivity index (χ0n) is 15.8. The molecule has 0 spiro atoms. The number of rotatable bonds is 5. The molecule has 1 aliphatic rings. The maximum atomic E-state index is 2.41. The van der Waals surface area contributed by atoms with Gasteiger partial charge in [-0.1, -0.05) is 85.1 Å². The van der Waals surface area contributed by atoms with Crippen LogP contribution in [0.15, 0.2) is 23.3 Å². The van der Waals surface area contributed by atoms with E-state index in [1.54, 1.807) is 5.57 Å². The Kier molecular flexibility index (Phi) is 13.3. The molecule has 0 bridgehead atoms. The molecule has 20 heavy (non-hydrogen) atoms. The smallest absolute Gasteiger partial charge is 0.00646 e. The summed E-state index contributed by atoms with van der Waals surface area (Å²) in [6, 6.07) is 0. The lowest BCUT2D eigenvalue weighted by Gasteiger charge is -2.40. The Morgan fingerprint density at radius 3 is 1.85 bits per heavy atom. The predicted octanol–water partition coefficient (Wildman–Crippen LogP) is 7.56. The van der Waals surface area contributed by atoms with Crippen LogP contribution in [0, 0.1) is 11.3 Å². The average molecular weight is 281 g/mol. The molecule has 0 radical (unpaired) electrons. The summed E-state index contributed by atoms with van der Waals surface area (Å²) in [7, 11) is 0. The Bertz CT molecular complexity index is 280. The van der Waals surface area contributed by atoms with Gasteiger partial charge in [-0.2, -0.15) is 0 Å². The molecule has 0 nitrogen and oxygen atoms in total. The second-order valence-electron chi connectivity index (χ2n) is 5.62. The normalized spacial score (nSPS) is 16.9. The van der Waals surface area contributed by atoms with Crippen molar-refractivity contribution in [1.29, 1.82) is 0 Å². The lowest BCUT2D eigenvalue weighted by molar-refractivity contribution is 0.205. The van der Waals surface area contributed by atoms with E-state index < -0.39 is 0 Å². The Labute approximate surface area is 129 Å². The van der Waals surface area contributed by atoms with Crippen LogP contribution in [0.4, 0.5) is 0 Å². The van der Waals surface area contributed by atoms with Gasteiger partial charge in [0.05, 0.1) is 0 Å². The summed E-state index contributed by atoms with van der Waals surface area (Å²) in [4.78, 5) is 0. The molecule has 0 heteroatoms. The molecule has 0 N–H and O–H groups in total. The quantitative estimate of drug-likeness (QED) is 0.487. The first-order valence-electron chi connectivity index (χ1n) is 8.93. The van der Waals surface area contributed by atoms with Gasteiger partial charge in [-0.05, 0) is 43.9 Å². The van der Waals surface area contributed by atoms with E-state index in [9.17, 15) is 0 Å². The van der Waals surface area contributed by atoms with Crippen LogP contribution >= 0.6 is 0 Å². The van der Waals surface area contributed by atoms with Crippen LogP contribution in [-0.4, -0.2) is 0 Å². The summed E-state index contributed by atoms with van der Waals surface area (Å²) in [6.45, 7) is 19.7. The molecule has 1 atom stereocenters. The highest BCUT2D eigenvalue weighted by atomic mass is 14.4. The highest BCUT2D eigenvalue weighted by Gasteiger charge is 2.34. The van der Waals surface area contributed by atoms with Gasteiger partial charge in [0, 0.05) is 0 Å². The summed E-state index contributed by atoms with van der Waals surface area (Å²) in [6.07, 6.45) is 11.2. The predicted molar refractivity (Wildman–Crippen MR) is 96.2 cm³/mol. The largest absolute Gasteiger partial charge is 0.0730 e. The first-order valence-corrected chi connectivity index (χ1v) is 8.93. The van der Waals surface area contributed by atoms with Crippen LogP contribution in [0.1, 0.15) is 94.4 Å². The Morgan fingerprint density at radius 2 is 1.55 bits per heavy atom. The maximum absolute atomic E-state index is 2.41. The van der Waals surface area contributed by atoms with E-state index in [0.29, 0.717) is 5.41 Å². The van der Waals surface area contributed by atoms with Crippen LogP contribution in [0.2, 0.25) is 0 Å². The van der Waals surface area contributed by atoms with Gasteiger partial charge in [-0.25, -0.2) is 0 Å². The van der Waals surface area contributed by atoms with Gasteiger partial charge in [0.15, 0.2) is 0 Å². The molecule has 1 unspecified atom stereocenters. The third-order valence-corrected chi connectivity index (χ3v) is 4.43. The first-order chi connectivity index (χ1) is 9.56. The summed E-state index contributed by atoms with van der Waals surface area (Å²) in [5.41, 5.74) is 3.71. The summed E-state index contributed by atoms with van der Waals surface area (Å²) < 4.78 is 0. The van der Waals surface area contributed by atoms with Crippen LogP contribution in [-0.2, 0) is 0 Å². The highest BCUT2D eigenvalue weighted by Crippen LogP contribution is 2.46. The molecule has 0 heterocycles. The van der Waals surface area contributed by atoms with E-state index in [-0.39, 0.29) is 0 Å². The second kappa shape index (κ2) is 12.2. The molecule has 1 aliphatic carbocycles. The van der Waals surface area contributed by atoms with E-state index in [1.807, 2.05) is 27.7 Å². The van der Waals surface area contributed by atoms with Crippen molar-refractivity contribution in [1.82, 2.24) is 0 Å². The van der Waals surface area contributed by atoms with Crippen molar-refractivity contribution in [3.05, 3.63) is 23.3 Å². The van der Waals surface area contributed by atoms with E-state index in [2.05, 4.69) is 46.8 Å². The topological polar surface area (TPSA) is 0 Å². The van der Waals surface area contributed by atoms with E-state index >= 15 is 0 Å². The molecule has 0 fully saturated rings. The summed E-state index contributed by atoms with van der Waals surface area (Å²) in [5, 5.41) is 0. The molecule has 120 valence electrons. The van der Waals surface area contributed by atoms with Gasteiger partial charge >= 0.3 is 0 Å². The zero-order chi connectivity index (χ0) is 16.2. The van der Waals surface area contributed by atoms with Crippen LogP contribution in [0.5, 0.6) is 0 Å². The van der Waals surface area contributed by atoms with Crippen molar-refractivity contribution in [3.63, 3.8) is 0 Å². The van der Waals surface area contributed by atoms with Crippen molar-refractivity contribution in [2.45, 2.75) is 94.4 Å². The molecule has 0 saturated carbocycles. The molecular formula is C20H40. The van der Waals surface area contributed by atoms with Gasteiger partial charge in [0.2, 0.25) is 0 Å². The van der Waals surface area contributed by atoms with E-state index in [1.165, 1.54) is 37.7 Å². The number of allylic oxidation sites excluding steroid dienone is 4. The Balaban J connectivity index is 0. The van der Waals surface area contributed by atoms with Gasteiger partial charge in [-0.3, -0.25) is 0 Å². The van der Waals surface area contributed by atoms with E-state index in [4.69, 9.17) is 0 Å². The monoisotopic (exact) mass is 280 g/mol. The van der Waals surface area contributed by atoms with Crippen LogP contribution in [0.25, 0.3) is 0 Å². The fraction of sp³-hybridized carbons (Fsp3) is 0.800. The number of hydrogen-bond acceptors (Lipinski definition) is 0.